The van der Waals surface area contributed by atoms with Gasteiger partial charge in [-0.2, -0.15) is 0 Å². The molecule has 1 aromatic heterocycles. The second-order valence-corrected chi connectivity index (χ2v) is 8.64. The van der Waals surface area contributed by atoms with Crippen LogP contribution >= 0.6 is 0 Å². The molecule has 2 aromatic carbocycles. The summed E-state index contributed by atoms with van der Waals surface area (Å²) in [5, 5.41) is 3.07. The number of benzene rings is 2. The number of nitrogens with two attached hydrogens (primary N) is 1. The molecule has 0 saturated carbocycles. The van der Waals surface area contributed by atoms with Gasteiger partial charge in [0.2, 0.25) is 5.91 Å². The number of ether oxygens (including phenoxy) is 1. The summed E-state index contributed by atoms with van der Waals surface area (Å²) in [6.07, 6.45) is 0. The number of methoxy groups -OCH3 is 1. The molecular formula is C26H33N5O4. The number of nitrogen functional groups attached to an aromatic ring is 1. The predicted molar refractivity (Wildman–Crippen MR) is 138 cm³/mol. The summed E-state index contributed by atoms with van der Waals surface area (Å²) in [4.78, 5) is 42.2. The maximum absolute atomic E-state index is 13.1. The van der Waals surface area contributed by atoms with E-state index in [9.17, 15) is 14.4 Å². The molecule has 186 valence electrons. The van der Waals surface area contributed by atoms with Crippen LogP contribution in [0.15, 0.2) is 64.2 Å². The van der Waals surface area contributed by atoms with Crippen LogP contribution in [0.5, 0.6) is 5.75 Å². The summed E-state index contributed by atoms with van der Waals surface area (Å²) in [6, 6.07) is 16.7. The van der Waals surface area contributed by atoms with Crippen molar-refractivity contribution in [2.45, 2.75) is 33.4 Å². The summed E-state index contributed by atoms with van der Waals surface area (Å²) in [5.41, 5.74) is 7.00. The fourth-order valence-corrected chi connectivity index (χ4v) is 3.99. The van der Waals surface area contributed by atoms with Crippen LogP contribution in [-0.2, 0) is 11.3 Å². The number of hydrogen-bond acceptors (Lipinski definition) is 6. The third-order valence-corrected chi connectivity index (χ3v) is 5.89. The van der Waals surface area contributed by atoms with E-state index in [0.717, 1.165) is 16.9 Å². The lowest BCUT2D eigenvalue weighted by Crippen LogP contribution is -2.44. The number of carbonyl (C=O) groups excluding carboxylic acids is 1. The Kier molecular flexibility index (Phi) is 8.35. The molecular weight excluding hydrogens is 446 g/mol. The molecule has 0 spiro atoms. The third-order valence-electron chi connectivity index (χ3n) is 5.89. The molecule has 35 heavy (non-hydrogen) atoms. The zero-order valence-electron chi connectivity index (χ0n) is 20.6. The molecule has 3 rings (SSSR count). The van der Waals surface area contributed by atoms with E-state index in [1.165, 1.54) is 4.57 Å². The average Bonchev–Trinajstić information content (AvgIpc) is 2.85. The van der Waals surface area contributed by atoms with Gasteiger partial charge in [0.15, 0.2) is 0 Å². The van der Waals surface area contributed by atoms with Crippen molar-refractivity contribution in [2.24, 2.45) is 5.92 Å². The van der Waals surface area contributed by atoms with E-state index >= 15 is 0 Å². The lowest BCUT2D eigenvalue weighted by atomic mass is 9.96. The van der Waals surface area contributed by atoms with E-state index in [1.54, 1.807) is 12.0 Å². The molecule has 0 aliphatic rings. The minimum atomic E-state index is -0.623. The molecule has 0 fully saturated rings. The minimum absolute atomic E-state index is 0.0211. The Bertz CT molecular complexity index is 1250. The zero-order valence-corrected chi connectivity index (χ0v) is 20.6. The number of aromatic amines is 1. The molecule has 1 amide bonds. The van der Waals surface area contributed by atoms with Crippen LogP contribution in [0.1, 0.15) is 37.9 Å². The first-order valence-corrected chi connectivity index (χ1v) is 11.6. The Labute approximate surface area is 204 Å². The largest absolute Gasteiger partial charge is 0.497 e. The Morgan fingerprint density at radius 3 is 2.34 bits per heavy atom. The maximum atomic E-state index is 13.1. The van der Waals surface area contributed by atoms with Crippen molar-refractivity contribution in [3.63, 3.8) is 0 Å². The molecule has 9 heteroatoms. The standard InChI is InChI=1S/C26H33N5O4/c1-5-30(16-21(32)28-22(17(2)3)19-11-13-20(35-4)14-12-19)23-24(27)31(26(34)29-25(23)33)15-18-9-7-6-8-10-18/h6-14,17,22H,5,15-16,27H2,1-4H3,(H,28,32)(H,29,33,34). The van der Waals surface area contributed by atoms with Gasteiger partial charge in [0.1, 0.15) is 17.3 Å². The third kappa shape index (κ3) is 6.11. The molecule has 9 nitrogen and oxygen atoms in total. The van der Waals surface area contributed by atoms with Gasteiger partial charge in [-0.15, -0.1) is 0 Å². The number of nitrogens with one attached hydrogen (secondary N) is 2. The van der Waals surface area contributed by atoms with Crippen molar-refractivity contribution in [3.8, 4) is 5.75 Å². The molecule has 1 unspecified atom stereocenters. The first-order chi connectivity index (χ1) is 16.7. The van der Waals surface area contributed by atoms with E-state index in [2.05, 4.69) is 10.3 Å². The molecule has 0 saturated heterocycles. The second kappa shape index (κ2) is 11.4. The van der Waals surface area contributed by atoms with Gasteiger partial charge in [-0.3, -0.25) is 19.1 Å². The van der Waals surface area contributed by atoms with Crippen molar-refractivity contribution in [2.75, 3.05) is 30.8 Å². The molecule has 0 bridgehead atoms. The summed E-state index contributed by atoms with van der Waals surface area (Å²) in [7, 11) is 1.60. The highest BCUT2D eigenvalue weighted by molar-refractivity contribution is 5.83. The van der Waals surface area contributed by atoms with Crippen molar-refractivity contribution in [3.05, 3.63) is 86.6 Å². The highest BCUT2D eigenvalue weighted by atomic mass is 16.5. The number of aromatic nitrogens is 2. The monoisotopic (exact) mass is 479 g/mol. The number of rotatable bonds is 10. The fourth-order valence-electron chi connectivity index (χ4n) is 3.99. The number of H-pyrrole nitrogens is 1. The van der Waals surface area contributed by atoms with Crippen molar-refractivity contribution in [1.82, 2.24) is 14.9 Å². The maximum Gasteiger partial charge on any atom is 0.330 e. The summed E-state index contributed by atoms with van der Waals surface area (Å²) < 4.78 is 6.53. The first kappa shape index (κ1) is 25.6. The van der Waals surface area contributed by atoms with Crippen molar-refractivity contribution >= 4 is 17.4 Å². The Morgan fingerprint density at radius 2 is 1.77 bits per heavy atom. The van der Waals surface area contributed by atoms with Gasteiger partial charge < -0.3 is 20.7 Å². The smallest absolute Gasteiger partial charge is 0.330 e. The van der Waals surface area contributed by atoms with E-state index in [-0.39, 0.29) is 42.5 Å². The Morgan fingerprint density at radius 1 is 1.11 bits per heavy atom. The highest BCUT2D eigenvalue weighted by Crippen LogP contribution is 2.24. The first-order valence-electron chi connectivity index (χ1n) is 11.6. The van der Waals surface area contributed by atoms with Crippen LogP contribution in [0.25, 0.3) is 0 Å². The Balaban J connectivity index is 1.85. The van der Waals surface area contributed by atoms with E-state index < -0.39 is 11.2 Å². The number of nitrogens with zero attached hydrogens (tertiary/aromatic N) is 2. The lowest BCUT2D eigenvalue weighted by molar-refractivity contribution is -0.120. The number of likely N-dealkylation sites (N-methyl/N-ethyl adjacent to an activating group) is 1. The van der Waals surface area contributed by atoms with Crippen LogP contribution in [0, 0.1) is 5.92 Å². The van der Waals surface area contributed by atoms with Crippen LogP contribution in [-0.4, -0.2) is 35.7 Å². The molecule has 0 aliphatic heterocycles. The van der Waals surface area contributed by atoms with Crippen molar-refractivity contribution in [1.29, 1.82) is 0 Å². The van der Waals surface area contributed by atoms with Gasteiger partial charge >= 0.3 is 5.69 Å². The topological polar surface area (TPSA) is 122 Å². The molecule has 4 N–H and O–H groups in total. The van der Waals surface area contributed by atoms with Gasteiger partial charge in [0, 0.05) is 6.54 Å². The van der Waals surface area contributed by atoms with Crippen LogP contribution in [0.3, 0.4) is 0 Å². The van der Waals surface area contributed by atoms with Gasteiger partial charge in [0.25, 0.3) is 5.56 Å². The van der Waals surface area contributed by atoms with Gasteiger partial charge in [-0.25, -0.2) is 4.79 Å². The summed E-state index contributed by atoms with van der Waals surface area (Å²) in [5.74, 6) is 0.623. The van der Waals surface area contributed by atoms with E-state index in [0.29, 0.717) is 6.54 Å². The minimum Gasteiger partial charge on any atom is -0.497 e. The normalized spacial score (nSPS) is 11.8. The number of amides is 1. The summed E-state index contributed by atoms with van der Waals surface area (Å²) >= 11 is 0. The molecule has 1 heterocycles. The number of carbonyl (C=O) groups is 1. The van der Waals surface area contributed by atoms with E-state index in [1.807, 2.05) is 75.4 Å². The average molecular weight is 480 g/mol. The molecule has 1 atom stereocenters. The van der Waals surface area contributed by atoms with E-state index in [4.69, 9.17) is 10.5 Å². The quantitative estimate of drug-likeness (QED) is 0.411. The van der Waals surface area contributed by atoms with Crippen LogP contribution < -0.4 is 31.9 Å². The lowest BCUT2D eigenvalue weighted by Gasteiger charge is -2.27. The SMILES string of the molecule is CCN(CC(=O)NC(c1ccc(OC)cc1)C(C)C)c1c(N)n(Cc2ccccc2)c(=O)[nH]c1=O. The van der Waals surface area contributed by atoms with Crippen LogP contribution in [0.4, 0.5) is 11.5 Å². The number of hydrogen-bond donors (Lipinski definition) is 3. The molecule has 0 radical (unpaired) electrons. The number of anilines is 2. The van der Waals surface area contributed by atoms with Crippen LogP contribution in [0.2, 0.25) is 0 Å². The van der Waals surface area contributed by atoms with Gasteiger partial charge in [-0.05, 0) is 36.1 Å². The Hall–Kier alpha value is -4.01. The molecule has 3 aromatic rings. The fraction of sp³-hybridized carbons (Fsp3) is 0.346. The van der Waals surface area contributed by atoms with Gasteiger partial charge in [-0.1, -0.05) is 56.3 Å². The highest BCUT2D eigenvalue weighted by Gasteiger charge is 2.23. The molecule has 0 aliphatic carbocycles. The second-order valence-electron chi connectivity index (χ2n) is 8.64. The van der Waals surface area contributed by atoms with Crippen molar-refractivity contribution < 1.29 is 9.53 Å². The zero-order chi connectivity index (χ0) is 25.5. The summed E-state index contributed by atoms with van der Waals surface area (Å²) in [6.45, 7) is 6.32. The van der Waals surface area contributed by atoms with Gasteiger partial charge in [0.05, 0.1) is 26.2 Å². The predicted octanol–water partition coefficient (Wildman–Crippen LogP) is 2.52.